The molecule has 0 fully saturated rings. The molecule has 0 saturated carbocycles. The highest BCUT2D eigenvalue weighted by Gasteiger charge is 2.26. The summed E-state index contributed by atoms with van der Waals surface area (Å²) in [7, 11) is 1.31. The SMILES string of the molecule is COc1ccc(/C=C2\N=C(c3ccc(C)c([N+](=O)[O-])c3)OC2=O)cc1[N+](=O)[O-]. The van der Waals surface area contributed by atoms with Crippen molar-refractivity contribution in [3.8, 4) is 5.75 Å². The number of rotatable bonds is 5. The van der Waals surface area contributed by atoms with E-state index in [-0.39, 0.29) is 34.3 Å². The number of benzene rings is 2. The minimum atomic E-state index is -0.767. The van der Waals surface area contributed by atoms with Gasteiger partial charge in [0.05, 0.1) is 17.0 Å². The van der Waals surface area contributed by atoms with Gasteiger partial charge in [0.1, 0.15) is 0 Å². The van der Waals surface area contributed by atoms with Crippen LogP contribution in [-0.4, -0.2) is 28.8 Å². The number of nitro benzene ring substituents is 2. The van der Waals surface area contributed by atoms with Gasteiger partial charge in [0, 0.05) is 23.3 Å². The van der Waals surface area contributed by atoms with E-state index in [1.165, 1.54) is 43.5 Å². The summed E-state index contributed by atoms with van der Waals surface area (Å²) in [5.74, 6) is -0.767. The number of nitrogens with zero attached hydrogens (tertiary/aromatic N) is 3. The van der Waals surface area contributed by atoms with E-state index < -0.39 is 15.8 Å². The number of aryl methyl sites for hydroxylation is 1. The highest BCUT2D eigenvalue weighted by Crippen LogP contribution is 2.29. The largest absolute Gasteiger partial charge is 0.490 e. The van der Waals surface area contributed by atoms with Gasteiger partial charge in [-0.25, -0.2) is 9.79 Å². The number of hydrogen-bond donors (Lipinski definition) is 0. The summed E-state index contributed by atoms with van der Waals surface area (Å²) >= 11 is 0. The van der Waals surface area contributed by atoms with Crippen LogP contribution in [-0.2, 0) is 9.53 Å². The van der Waals surface area contributed by atoms with E-state index in [0.29, 0.717) is 11.1 Å². The summed E-state index contributed by atoms with van der Waals surface area (Å²) in [6.07, 6.45) is 1.32. The van der Waals surface area contributed by atoms with E-state index in [2.05, 4.69) is 4.99 Å². The highest BCUT2D eigenvalue weighted by molar-refractivity contribution is 6.13. The lowest BCUT2D eigenvalue weighted by molar-refractivity contribution is -0.385. The molecule has 0 radical (unpaired) electrons. The lowest BCUT2D eigenvalue weighted by Gasteiger charge is -2.02. The van der Waals surface area contributed by atoms with E-state index in [1.807, 2.05) is 0 Å². The fourth-order valence-corrected chi connectivity index (χ4v) is 2.57. The van der Waals surface area contributed by atoms with Gasteiger partial charge in [-0.2, -0.15) is 0 Å². The van der Waals surface area contributed by atoms with Crippen LogP contribution in [0.15, 0.2) is 47.1 Å². The third kappa shape index (κ3) is 3.56. The molecule has 0 amide bonds. The first kappa shape index (κ1) is 18.7. The van der Waals surface area contributed by atoms with Crippen LogP contribution in [0.3, 0.4) is 0 Å². The molecule has 0 bridgehead atoms. The van der Waals surface area contributed by atoms with Gasteiger partial charge in [-0.3, -0.25) is 20.2 Å². The summed E-state index contributed by atoms with van der Waals surface area (Å²) < 4.78 is 10.0. The Hall–Kier alpha value is -4.08. The van der Waals surface area contributed by atoms with Gasteiger partial charge in [0.25, 0.3) is 5.69 Å². The molecule has 0 atom stereocenters. The number of cyclic esters (lactones) is 1. The Kier molecular flexibility index (Phi) is 4.86. The summed E-state index contributed by atoms with van der Waals surface area (Å²) in [5.41, 5.74) is 0.604. The third-order valence-electron chi connectivity index (χ3n) is 3.98. The molecule has 3 rings (SSSR count). The fourth-order valence-electron chi connectivity index (χ4n) is 2.57. The summed E-state index contributed by atoms with van der Waals surface area (Å²) in [5, 5.41) is 22.2. The number of hydrogen-bond acceptors (Lipinski definition) is 8. The first-order valence-corrected chi connectivity index (χ1v) is 7.90. The van der Waals surface area contributed by atoms with Crippen LogP contribution >= 0.6 is 0 Å². The first-order valence-electron chi connectivity index (χ1n) is 7.90. The number of aliphatic imine (C=N–C) groups is 1. The van der Waals surface area contributed by atoms with Crippen molar-refractivity contribution in [3.63, 3.8) is 0 Å². The quantitative estimate of drug-likeness (QED) is 0.335. The Bertz CT molecular complexity index is 1070. The van der Waals surface area contributed by atoms with Crippen LogP contribution in [0.25, 0.3) is 6.08 Å². The van der Waals surface area contributed by atoms with Crippen LogP contribution in [0.4, 0.5) is 11.4 Å². The van der Waals surface area contributed by atoms with Crippen molar-refractivity contribution in [1.29, 1.82) is 0 Å². The predicted molar refractivity (Wildman–Crippen MR) is 98.1 cm³/mol. The molecule has 0 N–H and O–H groups in total. The van der Waals surface area contributed by atoms with Crippen molar-refractivity contribution in [2.75, 3.05) is 7.11 Å². The summed E-state index contributed by atoms with van der Waals surface area (Å²) in [6, 6.07) is 8.51. The molecule has 2 aromatic rings. The number of carbonyl (C=O) groups excluding carboxylic acids is 1. The van der Waals surface area contributed by atoms with Gasteiger partial charge >= 0.3 is 11.7 Å². The maximum Gasteiger partial charge on any atom is 0.363 e. The second-order valence-electron chi connectivity index (χ2n) is 5.78. The van der Waals surface area contributed by atoms with Gasteiger partial charge in [-0.05, 0) is 30.7 Å². The molecule has 10 heteroatoms. The standard InChI is InChI=1S/C18H13N3O7/c1-10-3-5-12(9-14(10)20(23)24)17-19-13(18(22)28-17)7-11-4-6-16(27-2)15(8-11)21(25)26/h3-9H,1-2H3/b13-7-. The molecule has 2 aromatic carbocycles. The van der Waals surface area contributed by atoms with Crippen LogP contribution in [0, 0.1) is 27.2 Å². The lowest BCUT2D eigenvalue weighted by Crippen LogP contribution is -2.06. The molecule has 0 unspecified atom stereocenters. The summed E-state index contributed by atoms with van der Waals surface area (Å²) in [4.78, 5) is 37.2. The molecule has 0 aromatic heterocycles. The Morgan fingerprint density at radius 1 is 1.07 bits per heavy atom. The van der Waals surface area contributed by atoms with Crippen molar-refractivity contribution in [1.82, 2.24) is 0 Å². The Morgan fingerprint density at radius 2 is 1.79 bits per heavy atom. The van der Waals surface area contributed by atoms with Gasteiger partial charge in [0.15, 0.2) is 11.4 Å². The second-order valence-corrected chi connectivity index (χ2v) is 5.78. The van der Waals surface area contributed by atoms with Crippen molar-refractivity contribution in [3.05, 3.63) is 79.0 Å². The topological polar surface area (TPSA) is 134 Å². The predicted octanol–water partition coefficient (Wildman–Crippen LogP) is 3.16. The zero-order chi connectivity index (χ0) is 20.4. The molecule has 1 aliphatic heterocycles. The minimum Gasteiger partial charge on any atom is -0.490 e. The molecule has 0 saturated heterocycles. The first-order chi connectivity index (χ1) is 13.3. The second kappa shape index (κ2) is 7.27. The fraction of sp³-hybridized carbons (Fsp3) is 0.111. The lowest BCUT2D eigenvalue weighted by atomic mass is 10.1. The zero-order valence-electron chi connectivity index (χ0n) is 14.7. The minimum absolute atomic E-state index is 0.0808. The number of methoxy groups -OCH3 is 1. The van der Waals surface area contributed by atoms with Gasteiger partial charge in [-0.15, -0.1) is 0 Å². The average molecular weight is 383 g/mol. The highest BCUT2D eigenvalue weighted by atomic mass is 16.6. The van der Waals surface area contributed by atoms with Crippen LogP contribution in [0.2, 0.25) is 0 Å². The normalized spacial score (nSPS) is 14.6. The van der Waals surface area contributed by atoms with Crippen molar-refractivity contribution in [2.24, 2.45) is 4.99 Å². The van der Waals surface area contributed by atoms with E-state index in [4.69, 9.17) is 9.47 Å². The maximum absolute atomic E-state index is 12.1. The monoisotopic (exact) mass is 383 g/mol. The molecular weight excluding hydrogens is 370 g/mol. The number of esters is 1. The van der Waals surface area contributed by atoms with Crippen molar-refractivity contribution >= 4 is 29.3 Å². The van der Waals surface area contributed by atoms with Crippen LogP contribution in [0.1, 0.15) is 16.7 Å². The van der Waals surface area contributed by atoms with E-state index >= 15 is 0 Å². The van der Waals surface area contributed by atoms with Gasteiger partial charge in [0.2, 0.25) is 5.90 Å². The van der Waals surface area contributed by atoms with Crippen LogP contribution < -0.4 is 4.74 Å². The van der Waals surface area contributed by atoms with Crippen molar-refractivity contribution in [2.45, 2.75) is 6.92 Å². The number of nitro groups is 2. The van der Waals surface area contributed by atoms with E-state index in [9.17, 15) is 25.0 Å². The van der Waals surface area contributed by atoms with Gasteiger partial charge in [-0.1, -0.05) is 12.1 Å². The number of ether oxygens (including phenoxy) is 2. The molecular formula is C18H13N3O7. The molecule has 28 heavy (non-hydrogen) atoms. The summed E-state index contributed by atoms with van der Waals surface area (Å²) in [6.45, 7) is 1.59. The molecule has 0 spiro atoms. The van der Waals surface area contributed by atoms with Crippen molar-refractivity contribution < 1.29 is 24.1 Å². The molecule has 1 aliphatic rings. The Balaban J connectivity index is 1.98. The van der Waals surface area contributed by atoms with Crippen LogP contribution in [0.5, 0.6) is 5.75 Å². The molecule has 142 valence electrons. The number of carbonyl (C=O) groups is 1. The van der Waals surface area contributed by atoms with E-state index in [0.717, 1.165) is 0 Å². The van der Waals surface area contributed by atoms with Gasteiger partial charge < -0.3 is 9.47 Å². The average Bonchev–Trinajstić information content (AvgIpc) is 3.02. The smallest absolute Gasteiger partial charge is 0.363 e. The maximum atomic E-state index is 12.1. The third-order valence-corrected chi connectivity index (χ3v) is 3.98. The molecule has 1 heterocycles. The Morgan fingerprint density at radius 3 is 2.43 bits per heavy atom. The zero-order valence-corrected chi connectivity index (χ0v) is 14.7. The van der Waals surface area contributed by atoms with E-state index in [1.54, 1.807) is 13.0 Å². The Labute approximate surface area is 158 Å². The molecule has 10 nitrogen and oxygen atoms in total. The molecule has 0 aliphatic carbocycles.